The third kappa shape index (κ3) is 2.64. The minimum absolute atomic E-state index is 0.0233. The molecule has 0 bridgehead atoms. The van der Waals surface area contributed by atoms with Crippen LogP contribution in [0.25, 0.3) is 11.0 Å². The molecule has 2 aromatic carbocycles. The van der Waals surface area contributed by atoms with Crippen LogP contribution >= 0.6 is 0 Å². The molecule has 1 aromatic heterocycles. The fourth-order valence-electron chi connectivity index (χ4n) is 2.14. The Morgan fingerprint density at radius 3 is 2.73 bits per heavy atom. The van der Waals surface area contributed by atoms with Gasteiger partial charge in [0.2, 0.25) is 5.95 Å². The van der Waals surface area contributed by atoms with Gasteiger partial charge in [0.1, 0.15) is 0 Å². The molecular formula is C15H13N5O2. The molecule has 0 radical (unpaired) electrons. The molecule has 0 saturated carbocycles. The number of imidazole rings is 1. The average molecular weight is 295 g/mol. The summed E-state index contributed by atoms with van der Waals surface area (Å²) in [5, 5.41) is 15.2. The number of nitro benzene ring substituents is 1. The molecule has 7 heteroatoms. The molecule has 3 aromatic rings. The third-order valence-electron chi connectivity index (χ3n) is 3.21. The summed E-state index contributed by atoms with van der Waals surface area (Å²) in [6, 6.07) is 14.1. The van der Waals surface area contributed by atoms with Crippen molar-refractivity contribution in [2.45, 2.75) is 6.92 Å². The fourth-order valence-corrected chi connectivity index (χ4v) is 2.14. The number of nitrogens with one attached hydrogen (secondary N) is 2. The van der Waals surface area contributed by atoms with E-state index in [0.29, 0.717) is 17.2 Å². The van der Waals surface area contributed by atoms with Gasteiger partial charge in [-0.05, 0) is 25.1 Å². The molecule has 3 rings (SSSR count). The molecule has 110 valence electrons. The van der Waals surface area contributed by atoms with Crippen molar-refractivity contribution in [3.8, 4) is 0 Å². The first kappa shape index (κ1) is 13.7. The van der Waals surface area contributed by atoms with Crippen LogP contribution in [0.4, 0.5) is 11.6 Å². The Kier molecular flexibility index (Phi) is 3.53. The number of H-pyrrole nitrogens is 1. The van der Waals surface area contributed by atoms with Crippen molar-refractivity contribution in [3.05, 3.63) is 64.2 Å². The minimum atomic E-state index is -0.421. The number of benzene rings is 2. The van der Waals surface area contributed by atoms with Crippen molar-refractivity contribution in [1.82, 2.24) is 9.97 Å². The van der Waals surface area contributed by atoms with Crippen LogP contribution in [0.3, 0.4) is 0 Å². The topological polar surface area (TPSA) is 96.2 Å². The number of fused-ring (bicyclic) bond motifs is 1. The first-order valence-electron chi connectivity index (χ1n) is 6.64. The Morgan fingerprint density at radius 2 is 1.95 bits per heavy atom. The molecule has 0 fully saturated rings. The molecule has 0 aliphatic heterocycles. The molecule has 22 heavy (non-hydrogen) atoms. The van der Waals surface area contributed by atoms with Crippen LogP contribution in [0, 0.1) is 10.1 Å². The van der Waals surface area contributed by atoms with E-state index < -0.39 is 4.92 Å². The number of hydrogen-bond donors (Lipinski definition) is 2. The summed E-state index contributed by atoms with van der Waals surface area (Å²) in [6.07, 6.45) is 0. The van der Waals surface area contributed by atoms with E-state index in [4.69, 9.17) is 0 Å². The van der Waals surface area contributed by atoms with E-state index >= 15 is 0 Å². The molecule has 0 aliphatic carbocycles. The Morgan fingerprint density at radius 1 is 1.23 bits per heavy atom. The molecule has 7 nitrogen and oxygen atoms in total. The maximum Gasteiger partial charge on any atom is 0.278 e. The molecule has 0 aliphatic rings. The summed E-state index contributed by atoms with van der Waals surface area (Å²) in [4.78, 5) is 18.0. The number of anilines is 1. The predicted octanol–water partition coefficient (Wildman–Crippen LogP) is 3.31. The Labute approximate surface area is 125 Å². The molecule has 0 spiro atoms. The zero-order valence-electron chi connectivity index (χ0n) is 11.8. The van der Waals surface area contributed by atoms with Gasteiger partial charge in [0.25, 0.3) is 5.69 Å². The SMILES string of the molecule is C/C(=N/Nc1nc2ccccc2[nH]1)c1ccccc1[N+](=O)[O-]. The lowest BCUT2D eigenvalue weighted by Crippen LogP contribution is -2.04. The number of rotatable bonds is 4. The van der Waals surface area contributed by atoms with Gasteiger partial charge < -0.3 is 4.98 Å². The Bertz CT molecular complexity index is 836. The van der Waals surface area contributed by atoms with Crippen molar-refractivity contribution < 1.29 is 4.92 Å². The van der Waals surface area contributed by atoms with Crippen LogP contribution < -0.4 is 5.43 Å². The summed E-state index contributed by atoms with van der Waals surface area (Å²) < 4.78 is 0. The molecule has 0 atom stereocenters. The number of hydrazone groups is 1. The highest BCUT2D eigenvalue weighted by atomic mass is 16.6. The molecule has 0 unspecified atom stereocenters. The summed E-state index contributed by atoms with van der Waals surface area (Å²) in [7, 11) is 0. The zero-order chi connectivity index (χ0) is 15.5. The van der Waals surface area contributed by atoms with Gasteiger partial charge in [-0.3, -0.25) is 10.1 Å². The summed E-state index contributed by atoms with van der Waals surface area (Å²) in [5.74, 6) is 0.485. The number of nitro groups is 1. The van der Waals surface area contributed by atoms with Crippen LogP contribution in [-0.2, 0) is 0 Å². The second-order valence-corrected chi connectivity index (χ2v) is 4.69. The summed E-state index contributed by atoms with van der Waals surface area (Å²) in [6.45, 7) is 1.71. The van der Waals surface area contributed by atoms with Gasteiger partial charge >= 0.3 is 0 Å². The fraction of sp³-hybridized carbons (Fsp3) is 0.0667. The van der Waals surface area contributed by atoms with Crippen molar-refractivity contribution in [2.75, 3.05) is 5.43 Å². The predicted molar refractivity (Wildman–Crippen MR) is 85.0 cm³/mol. The van der Waals surface area contributed by atoms with Gasteiger partial charge in [-0.2, -0.15) is 5.10 Å². The smallest absolute Gasteiger partial charge is 0.278 e. The van der Waals surface area contributed by atoms with Gasteiger partial charge in [-0.25, -0.2) is 10.4 Å². The van der Waals surface area contributed by atoms with Crippen LogP contribution in [0.1, 0.15) is 12.5 Å². The van der Waals surface area contributed by atoms with E-state index in [1.807, 2.05) is 24.3 Å². The van der Waals surface area contributed by atoms with Gasteiger partial charge in [0.05, 0.1) is 27.2 Å². The average Bonchev–Trinajstić information content (AvgIpc) is 2.95. The standard InChI is InChI=1S/C15H13N5O2/c1-10(11-6-2-5-9-14(11)20(21)22)18-19-15-16-12-7-3-4-8-13(12)17-15/h2-9H,1H3,(H2,16,17,19)/b18-10-. The third-order valence-corrected chi connectivity index (χ3v) is 3.21. The van der Waals surface area contributed by atoms with E-state index in [0.717, 1.165) is 11.0 Å². The van der Waals surface area contributed by atoms with Crippen molar-refractivity contribution >= 4 is 28.4 Å². The van der Waals surface area contributed by atoms with E-state index in [-0.39, 0.29) is 5.69 Å². The van der Waals surface area contributed by atoms with Crippen LogP contribution in [0.2, 0.25) is 0 Å². The molecule has 0 amide bonds. The van der Waals surface area contributed by atoms with Crippen molar-refractivity contribution in [3.63, 3.8) is 0 Å². The molecule has 2 N–H and O–H groups in total. The Balaban J connectivity index is 1.87. The number of nitrogens with zero attached hydrogens (tertiary/aromatic N) is 3. The maximum absolute atomic E-state index is 11.0. The monoisotopic (exact) mass is 295 g/mol. The molecule has 1 heterocycles. The quantitative estimate of drug-likeness (QED) is 0.438. The van der Waals surface area contributed by atoms with E-state index in [1.54, 1.807) is 25.1 Å². The Hall–Kier alpha value is -3.22. The highest BCUT2D eigenvalue weighted by Gasteiger charge is 2.14. The van der Waals surface area contributed by atoms with Crippen LogP contribution in [0.15, 0.2) is 53.6 Å². The van der Waals surface area contributed by atoms with Crippen LogP contribution in [-0.4, -0.2) is 20.6 Å². The largest absolute Gasteiger partial charge is 0.323 e. The highest BCUT2D eigenvalue weighted by molar-refractivity contribution is 6.02. The summed E-state index contributed by atoms with van der Waals surface area (Å²) >= 11 is 0. The van der Waals surface area contributed by atoms with E-state index in [2.05, 4.69) is 20.5 Å². The number of aromatic amines is 1. The first-order chi connectivity index (χ1) is 10.6. The number of para-hydroxylation sites is 3. The van der Waals surface area contributed by atoms with Gasteiger partial charge in [-0.1, -0.05) is 24.3 Å². The molecular weight excluding hydrogens is 282 g/mol. The van der Waals surface area contributed by atoms with Crippen LogP contribution in [0.5, 0.6) is 0 Å². The number of hydrogen-bond acceptors (Lipinski definition) is 5. The number of aromatic nitrogens is 2. The first-order valence-corrected chi connectivity index (χ1v) is 6.64. The van der Waals surface area contributed by atoms with Gasteiger partial charge in [0, 0.05) is 6.07 Å². The van der Waals surface area contributed by atoms with Crippen molar-refractivity contribution in [2.24, 2.45) is 5.10 Å². The van der Waals surface area contributed by atoms with E-state index in [9.17, 15) is 10.1 Å². The van der Waals surface area contributed by atoms with Gasteiger partial charge in [0.15, 0.2) is 0 Å². The van der Waals surface area contributed by atoms with Gasteiger partial charge in [-0.15, -0.1) is 0 Å². The zero-order valence-corrected chi connectivity index (χ0v) is 11.8. The molecule has 0 saturated heterocycles. The summed E-state index contributed by atoms with van der Waals surface area (Å²) in [5.41, 5.74) is 5.51. The normalized spacial score (nSPS) is 11.6. The minimum Gasteiger partial charge on any atom is -0.323 e. The lowest BCUT2D eigenvalue weighted by Gasteiger charge is -2.02. The highest BCUT2D eigenvalue weighted by Crippen LogP contribution is 2.19. The lowest BCUT2D eigenvalue weighted by atomic mass is 10.1. The second-order valence-electron chi connectivity index (χ2n) is 4.69. The van der Waals surface area contributed by atoms with E-state index in [1.165, 1.54) is 6.07 Å². The second kappa shape index (κ2) is 5.65. The van der Waals surface area contributed by atoms with Crippen molar-refractivity contribution in [1.29, 1.82) is 0 Å². The lowest BCUT2D eigenvalue weighted by molar-refractivity contribution is -0.385. The maximum atomic E-state index is 11.0.